The number of hydrazine groups is 1. The number of nitro benzene ring substituents is 1. The van der Waals surface area contributed by atoms with Crippen molar-refractivity contribution in [2.24, 2.45) is 0 Å². The lowest BCUT2D eigenvalue weighted by molar-refractivity contribution is -0.384. The molecule has 0 fully saturated rings. The standard InChI is InChI=1S/C12H7Cl3FN3O2/c13-6-1-2-10(9(16)3-6)17-18-11-5-12(19(20)21)8(15)4-7(11)14/h1-5,17-18H. The maximum Gasteiger partial charge on any atom is 0.290 e. The summed E-state index contributed by atoms with van der Waals surface area (Å²) < 4.78 is 13.6. The van der Waals surface area contributed by atoms with Crippen molar-refractivity contribution in [1.29, 1.82) is 0 Å². The predicted molar refractivity (Wildman–Crippen MR) is 81.8 cm³/mol. The molecule has 0 heterocycles. The van der Waals surface area contributed by atoms with Gasteiger partial charge in [-0.25, -0.2) is 4.39 Å². The van der Waals surface area contributed by atoms with Crippen LogP contribution in [0.4, 0.5) is 21.5 Å². The Bertz CT molecular complexity index is 712. The number of hydrogen-bond acceptors (Lipinski definition) is 4. The second-order valence-electron chi connectivity index (χ2n) is 3.91. The molecule has 9 heteroatoms. The number of nitrogens with one attached hydrogen (secondary N) is 2. The number of hydrogen-bond donors (Lipinski definition) is 2. The van der Waals surface area contributed by atoms with Gasteiger partial charge in [-0.05, 0) is 24.3 Å². The zero-order chi connectivity index (χ0) is 15.6. The van der Waals surface area contributed by atoms with Gasteiger partial charge in [-0.1, -0.05) is 34.8 Å². The van der Waals surface area contributed by atoms with E-state index in [1.54, 1.807) is 0 Å². The summed E-state index contributed by atoms with van der Waals surface area (Å²) in [5.74, 6) is -0.588. The van der Waals surface area contributed by atoms with Gasteiger partial charge in [0.1, 0.15) is 10.8 Å². The quantitative estimate of drug-likeness (QED) is 0.592. The first-order chi connectivity index (χ1) is 9.88. The largest absolute Gasteiger partial charge is 0.299 e. The predicted octanol–water partition coefficient (Wildman–Crippen LogP) is 5.13. The Kier molecular flexibility index (Phi) is 4.72. The molecule has 5 nitrogen and oxygen atoms in total. The van der Waals surface area contributed by atoms with Gasteiger partial charge in [-0.15, -0.1) is 0 Å². The fourth-order valence-electron chi connectivity index (χ4n) is 1.50. The van der Waals surface area contributed by atoms with Crippen LogP contribution in [0.1, 0.15) is 0 Å². The third kappa shape index (κ3) is 3.66. The summed E-state index contributed by atoms with van der Waals surface area (Å²) in [7, 11) is 0. The zero-order valence-electron chi connectivity index (χ0n) is 10.2. The van der Waals surface area contributed by atoms with Gasteiger partial charge in [-0.2, -0.15) is 0 Å². The average Bonchev–Trinajstić information content (AvgIpc) is 2.39. The van der Waals surface area contributed by atoms with Crippen LogP contribution in [-0.2, 0) is 0 Å². The number of anilines is 2. The summed E-state index contributed by atoms with van der Waals surface area (Å²) in [5.41, 5.74) is 5.10. The zero-order valence-corrected chi connectivity index (χ0v) is 12.4. The molecule has 0 unspecified atom stereocenters. The molecular formula is C12H7Cl3FN3O2. The maximum atomic E-state index is 13.6. The van der Waals surface area contributed by atoms with E-state index in [1.807, 2.05) is 0 Å². The van der Waals surface area contributed by atoms with E-state index in [4.69, 9.17) is 34.8 Å². The van der Waals surface area contributed by atoms with Gasteiger partial charge >= 0.3 is 0 Å². The summed E-state index contributed by atoms with van der Waals surface area (Å²) >= 11 is 17.3. The van der Waals surface area contributed by atoms with E-state index in [9.17, 15) is 14.5 Å². The highest BCUT2D eigenvalue weighted by Crippen LogP contribution is 2.34. The van der Waals surface area contributed by atoms with E-state index in [0.29, 0.717) is 0 Å². The first-order valence-corrected chi connectivity index (χ1v) is 6.62. The van der Waals surface area contributed by atoms with Crippen LogP contribution in [0.2, 0.25) is 15.1 Å². The Labute approximate surface area is 133 Å². The molecule has 0 aliphatic carbocycles. The molecule has 0 atom stereocenters. The van der Waals surface area contributed by atoms with E-state index in [-0.39, 0.29) is 32.1 Å². The minimum absolute atomic E-state index is 0.0896. The van der Waals surface area contributed by atoms with E-state index in [2.05, 4.69) is 10.9 Å². The molecule has 0 saturated heterocycles. The first kappa shape index (κ1) is 15.6. The highest BCUT2D eigenvalue weighted by molar-refractivity contribution is 6.37. The Hall–Kier alpha value is -1.76. The smallest absolute Gasteiger partial charge is 0.290 e. The molecule has 0 aliphatic rings. The number of nitro groups is 1. The van der Waals surface area contributed by atoms with Crippen LogP contribution < -0.4 is 10.9 Å². The summed E-state index contributed by atoms with van der Waals surface area (Å²) in [6.07, 6.45) is 0. The van der Waals surface area contributed by atoms with Gasteiger partial charge < -0.3 is 0 Å². The van der Waals surface area contributed by atoms with Crippen molar-refractivity contribution in [2.45, 2.75) is 0 Å². The number of rotatable bonds is 4. The molecule has 0 aliphatic heterocycles. The van der Waals surface area contributed by atoms with Crippen LogP contribution in [0.15, 0.2) is 30.3 Å². The van der Waals surface area contributed by atoms with Gasteiger partial charge in [0.25, 0.3) is 5.69 Å². The first-order valence-electron chi connectivity index (χ1n) is 5.49. The molecule has 2 aromatic rings. The molecular weight excluding hydrogens is 344 g/mol. The molecule has 110 valence electrons. The Morgan fingerprint density at radius 3 is 2.29 bits per heavy atom. The molecule has 0 radical (unpaired) electrons. The van der Waals surface area contributed by atoms with E-state index in [0.717, 1.165) is 12.1 Å². The fraction of sp³-hybridized carbons (Fsp3) is 0. The molecule has 2 aromatic carbocycles. The van der Waals surface area contributed by atoms with Gasteiger partial charge in [0.2, 0.25) is 0 Å². The number of benzene rings is 2. The topological polar surface area (TPSA) is 67.2 Å². The highest BCUT2D eigenvalue weighted by Gasteiger charge is 2.16. The van der Waals surface area contributed by atoms with E-state index in [1.165, 1.54) is 18.2 Å². The van der Waals surface area contributed by atoms with Crippen LogP contribution >= 0.6 is 34.8 Å². The average molecular weight is 351 g/mol. The minimum Gasteiger partial charge on any atom is -0.299 e. The second-order valence-corrected chi connectivity index (χ2v) is 5.17. The van der Waals surface area contributed by atoms with Gasteiger partial charge in [0, 0.05) is 11.1 Å². The highest BCUT2D eigenvalue weighted by atomic mass is 35.5. The monoisotopic (exact) mass is 349 g/mol. The van der Waals surface area contributed by atoms with E-state index < -0.39 is 10.7 Å². The third-order valence-corrected chi connectivity index (χ3v) is 3.35. The minimum atomic E-state index is -0.646. The lowest BCUT2D eigenvalue weighted by atomic mass is 10.3. The molecule has 0 saturated carbocycles. The summed E-state index contributed by atoms with van der Waals surface area (Å²) in [5, 5.41) is 11.1. The molecule has 2 N–H and O–H groups in total. The Morgan fingerprint density at radius 1 is 1.00 bits per heavy atom. The second kappa shape index (κ2) is 6.34. The molecule has 2 rings (SSSR count). The number of nitrogens with zero attached hydrogens (tertiary/aromatic N) is 1. The van der Waals surface area contributed by atoms with Crippen LogP contribution in [0, 0.1) is 15.9 Å². The molecule has 0 spiro atoms. The van der Waals surface area contributed by atoms with Crippen LogP contribution in [0.25, 0.3) is 0 Å². The number of halogens is 4. The van der Waals surface area contributed by atoms with Crippen molar-refractivity contribution < 1.29 is 9.31 Å². The van der Waals surface area contributed by atoms with Crippen molar-refractivity contribution in [3.8, 4) is 0 Å². The van der Waals surface area contributed by atoms with Crippen LogP contribution in [0.3, 0.4) is 0 Å². The molecule has 0 bridgehead atoms. The van der Waals surface area contributed by atoms with Crippen LogP contribution in [-0.4, -0.2) is 4.92 Å². The van der Waals surface area contributed by atoms with Gasteiger partial charge in [-0.3, -0.25) is 21.0 Å². The lowest BCUT2D eigenvalue weighted by Gasteiger charge is -2.12. The Morgan fingerprint density at radius 2 is 1.67 bits per heavy atom. The Balaban J connectivity index is 2.23. The summed E-state index contributed by atoms with van der Waals surface area (Å²) in [6.45, 7) is 0. The lowest BCUT2D eigenvalue weighted by Crippen LogP contribution is -2.10. The normalized spacial score (nSPS) is 10.3. The molecule has 21 heavy (non-hydrogen) atoms. The van der Waals surface area contributed by atoms with Crippen molar-refractivity contribution >= 4 is 51.9 Å². The summed E-state index contributed by atoms with van der Waals surface area (Å²) in [4.78, 5) is 10.2. The SMILES string of the molecule is O=[N+]([O-])c1cc(NNc2ccc(Cl)cc2F)c(Cl)cc1Cl. The van der Waals surface area contributed by atoms with Crippen LogP contribution in [0.5, 0.6) is 0 Å². The summed E-state index contributed by atoms with van der Waals surface area (Å²) in [6, 6.07) is 6.38. The van der Waals surface area contributed by atoms with Crippen molar-refractivity contribution in [3.05, 3.63) is 61.3 Å². The molecule has 0 amide bonds. The fourth-order valence-corrected chi connectivity index (χ4v) is 2.16. The van der Waals surface area contributed by atoms with Crippen molar-refractivity contribution in [1.82, 2.24) is 0 Å². The maximum absolute atomic E-state index is 13.6. The molecule has 0 aromatic heterocycles. The van der Waals surface area contributed by atoms with Crippen molar-refractivity contribution in [3.63, 3.8) is 0 Å². The van der Waals surface area contributed by atoms with Gasteiger partial charge in [0.05, 0.1) is 21.3 Å². The van der Waals surface area contributed by atoms with Crippen molar-refractivity contribution in [2.75, 3.05) is 10.9 Å². The van der Waals surface area contributed by atoms with Gasteiger partial charge in [0.15, 0.2) is 0 Å². The third-order valence-electron chi connectivity index (χ3n) is 2.50. The van der Waals surface area contributed by atoms with E-state index >= 15 is 0 Å².